The molecule has 2 fully saturated rings. The minimum absolute atomic E-state index is 0.173. The molecule has 25 heavy (non-hydrogen) atoms. The van der Waals surface area contributed by atoms with Crippen molar-refractivity contribution in [2.45, 2.75) is 24.9 Å². The first-order valence-corrected chi connectivity index (χ1v) is 9.49. The van der Waals surface area contributed by atoms with Crippen molar-refractivity contribution in [1.29, 1.82) is 0 Å². The lowest BCUT2D eigenvalue weighted by atomic mass is 9.78. The molecule has 5 nitrogen and oxygen atoms in total. The number of ether oxygens (including phenoxy) is 4. The van der Waals surface area contributed by atoms with Crippen LogP contribution in [0.2, 0.25) is 0 Å². The molecule has 0 radical (unpaired) electrons. The molecule has 3 aliphatic heterocycles. The van der Waals surface area contributed by atoms with Gasteiger partial charge in [0.25, 0.3) is 0 Å². The van der Waals surface area contributed by atoms with Crippen LogP contribution in [0.25, 0.3) is 0 Å². The Labute approximate surface area is 150 Å². The maximum Gasteiger partial charge on any atom is 0.125 e. The predicted molar refractivity (Wildman–Crippen MR) is 95.1 cm³/mol. The molecule has 1 aromatic rings. The van der Waals surface area contributed by atoms with Crippen LogP contribution in [0.5, 0.6) is 5.75 Å². The summed E-state index contributed by atoms with van der Waals surface area (Å²) in [5.41, 5.74) is 2.52. The van der Waals surface area contributed by atoms with Gasteiger partial charge in [0.15, 0.2) is 0 Å². The predicted octanol–water partition coefficient (Wildman–Crippen LogP) is 2.22. The maximum atomic E-state index is 6.38. The lowest BCUT2D eigenvalue weighted by Crippen LogP contribution is -2.48. The molecular formula is C20H29NO4. The van der Waals surface area contributed by atoms with Gasteiger partial charge in [-0.05, 0) is 30.9 Å². The molecule has 2 saturated heterocycles. The number of hydrogen-bond acceptors (Lipinski definition) is 5. The summed E-state index contributed by atoms with van der Waals surface area (Å²) >= 11 is 0. The van der Waals surface area contributed by atoms with Gasteiger partial charge in [-0.1, -0.05) is 12.1 Å². The Morgan fingerprint density at radius 3 is 2.60 bits per heavy atom. The first-order chi connectivity index (χ1) is 12.3. The van der Waals surface area contributed by atoms with Gasteiger partial charge in [-0.25, -0.2) is 0 Å². The molecule has 4 rings (SSSR count). The Morgan fingerprint density at radius 1 is 1.12 bits per heavy atom. The minimum Gasteiger partial charge on any atom is -0.496 e. The number of methoxy groups -OCH3 is 1. The van der Waals surface area contributed by atoms with Crippen LogP contribution in [0.1, 0.15) is 24.0 Å². The molecule has 3 aliphatic rings. The Morgan fingerprint density at radius 2 is 1.88 bits per heavy atom. The van der Waals surface area contributed by atoms with E-state index in [0.717, 1.165) is 77.7 Å². The van der Waals surface area contributed by atoms with Gasteiger partial charge in [-0.2, -0.15) is 0 Å². The zero-order valence-corrected chi connectivity index (χ0v) is 15.2. The van der Waals surface area contributed by atoms with Gasteiger partial charge in [-0.15, -0.1) is 0 Å². The SMILES string of the molecule is COc1cccc2c1C1(CCN(CC3COCCOC3)CC1)OCC2. The second kappa shape index (κ2) is 7.62. The second-order valence-electron chi connectivity index (χ2n) is 7.40. The number of fused-ring (bicyclic) bond motifs is 2. The van der Waals surface area contributed by atoms with E-state index >= 15 is 0 Å². The molecule has 1 spiro atoms. The van der Waals surface area contributed by atoms with Gasteiger partial charge < -0.3 is 23.8 Å². The van der Waals surface area contributed by atoms with Crippen LogP contribution in [-0.4, -0.2) is 64.7 Å². The number of benzene rings is 1. The molecule has 0 aliphatic carbocycles. The molecule has 5 heteroatoms. The fourth-order valence-corrected chi connectivity index (χ4v) is 4.53. The van der Waals surface area contributed by atoms with Crippen molar-refractivity contribution in [3.05, 3.63) is 29.3 Å². The van der Waals surface area contributed by atoms with E-state index in [1.165, 1.54) is 11.1 Å². The van der Waals surface area contributed by atoms with Crippen molar-refractivity contribution >= 4 is 0 Å². The zero-order valence-electron chi connectivity index (χ0n) is 15.2. The second-order valence-corrected chi connectivity index (χ2v) is 7.40. The first kappa shape index (κ1) is 17.3. The summed E-state index contributed by atoms with van der Waals surface area (Å²) in [5, 5.41) is 0. The number of hydrogen-bond donors (Lipinski definition) is 0. The van der Waals surface area contributed by atoms with E-state index < -0.39 is 0 Å². The standard InChI is InChI=1S/C20H29NO4/c1-22-18-4-2-3-17-5-10-25-20(19(17)18)6-8-21(9-7-20)13-16-14-23-11-12-24-15-16/h2-4,16H,5-15H2,1H3. The number of likely N-dealkylation sites (tertiary alicyclic amines) is 1. The molecule has 138 valence electrons. The largest absolute Gasteiger partial charge is 0.496 e. The van der Waals surface area contributed by atoms with E-state index in [4.69, 9.17) is 18.9 Å². The number of nitrogens with zero attached hydrogens (tertiary/aromatic N) is 1. The molecule has 0 bridgehead atoms. The van der Waals surface area contributed by atoms with Crippen molar-refractivity contribution in [3.63, 3.8) is 0 Å². The van der Waals surface area contributed by atoms with Gasteiger partial charge in [0.1, 0.15) is 5.75 Å². The smallest absolute Gasteiger partial charge is 0.125 e. The van der Waals surface area contributed by atoms with Crippen molar-refractivity contribution in [2.75, 3.05) is 59.8 Å². The van der Waals surface area contributed by atoms with Crippen molar-refractivity contribution in [2.24, 2.45) is 5.92 Å². The van der Waals surface area contributed by atoms with Gasteiger partial charge in [0.05, 0.1) is 45.7 Å². The van der Waals surface area contributed by atoms with Gasteiger partial charge in [0, 0.05) is 31.1 Å². The van der Waals surface area contributed by atoms with E-state index in [2.05, 4.69) is 23.1 Å². The average molecular weight is 347 g/mol. The molecule has 0 saturated carbocycles. The first-order valence-electron chi connectivity index (χ1n) is 9.49. The van der Waals surface area contributed by atoms with Crippen LogP contribution in [0.3, 0.4) is 0 Å². The van der Waals surface area contributed by atoms with Crippen molar-refractivity contribution < 1.29 is 18.9 Å². The van der Waals surface area contributed by atoms with Crippen LogP contribution in [0.15, 0.2) is 18.2 Å². The van der Waals surface area contributed by atoms with Crippen LogP contribution < -0.4 is 4.74 Å². The monoisotopic (exact) mass is 347 g/mol. The molecule has 0 unspecified atom stereocenters. The molecule has 0 amide bonds. The Bertz CT molecular complexity index is 561. The third-order valence-corrected chi connectivity index (χ3v) is 5.80. The Hall–Kier alpha value is -1.14. The minimum atomic E-state index is -0.173. The highest BCUT2D eigenvalue weighted by molar-refractivity contribution is 5.46. The van der Waals surface area contributed by atoms with Gasteiger partial charge in [-0.3, -0.25) is 0 Å². The van der Waals surface area contributed by atoms with E-state index in [0.29, 0.717) is 5.92 Å². The van der Waals surface area contributed by atoms with E-state index in [1.54, 1.807) is 7.11 Å². The summed E-state index contributed by atoms with van der Waals surface area (Å²) in [5.74, 6) is 1.46. The third kappa shape index (κ3) is 3.56. The quantitative estimate of drug-likeness (QED) is 0.838. The van der Waals surface area contributed by atoms with Crippen molar-refractivity contribution in [1.82, 2.24) is 4.90 Å². The molecule has 0 atom stereocenters. The van der Waals surface area contributed by atoms with Crippen LogP contribution >= 0.6 is 0 Å². The number of piperidine rings is 1. The molecule has 0 aromatic heterocycles. The lowest BCUT2D eigenvalue weighted by molar-refractivity contribution is -0.101. The maximum absolute atomic E-state index is 6.38. The Kier molecular flexibility index (Phi) is 5.27. The number of rotatable bonds is 3. The summed E-state index contributed by atoms with van der Waals surface area (Å²) in [7, 11) is 1.76. The zero-order chi connectivity index (χ0) is 17.1. The highest BCUT2D eigenvalue weighted by atomic mass is 16.5. The normalized spacial score (nSPS) is 24.7. The lowest BCUT2D eigenvalue weighted by Gasteiger charge is -2.46. The van der Waals surface area contributed by atoms with Gasteiger partial charge >= 0.3 is 0 Å². The highest BCUT2D eigenvalue weighted by Crippen LogP contribution is 2.45. The van der Waals surface area contributed by atoms with Crippen LogP contribution in [0.4, 0.5) is 0 Å². The fourth-order valence-electron chi connectivity index (χ4n) is 4.53. The van der Waals surface area contributed by atoms with E-state index in [9.17, 15) is 0 Å². The molecule has 1 aromatic carbocycles. The topological polar surface area (TPSA) is 40.2 Å². The van der Waals surface area contributed by atoms with Crippen LogP contribution in [0, 0.1) is 5.92 Å². The fraction of sp³-hybridized carbons (Fsp3) is 0.700. The summed E-state index contributed by atoms with van der Waals surface area (Å²) in [6.45, 7) is 7.04. The average Bonchev–Trinajstić information content (AvgIpc) is 2.92. The third-order valence-electron chi connectivity index (χ3n) is 5.80. The Balaban J connectivity index is 1.45. The van der Waals surface area contributed by atoms with Crippen LogP contribution in [-0.2, 0) is 26.2 Å². The van der Waals surface area contributed by atoms with E-state index in [1.807, 2.05) is 0 Å². The van der Waals surface area contributed by atoms with Crippen molar-refractivity contribution in [3.8, 4) is 5.75 Å². The molecular weight excluding hydrogens is 318 g/mol. The summed E-state index contributed by atoms with van der Waals surface area (Å²) < 4.78 is 23.3. The summed E-state index contributed by atoms with van der Waals surface area (Å²) in [4.78, 5) is 2.54. The summed E-state index contributed by atoms with van der Waals surface area (Å²) in [6.07, 6.45) is 3.03. The molecule has 3 heterocycles. The van der Waals surface area contributed by atoms with Gasteiger partial charge in [0.2, 0.25) is 0 Å². The summed E-state index contributed by atoms with van der Waals surface area (Å²) in [6, 6.07) is 6.40. The van der Waals surface area contributed by atoms with E-state index in [-0.39, 0.29) is 5.60 Å². The molecule has 0 N–H and O–H groups in total. The highest BCUT2D eigenvalue weighted by Gasteiger charge is 2.43.